The zero-order valence-electron chi connectivity index (χ0n) is 10.8. The molecular formula is C12H14FN5OS. The van der Waals surface area contributed by atoms with E-state index in [1.165, 1.54) is 17.8 Å². The summed E-state index contributed by atoms with van der Waals surface area (Å²) in [6, 6.07) is 4.74. The van der Waals surface area contributed by atoms with Crippen LogP contribution in [0.3, 0.4) is 0 Å². The molecule has 0 radical (unpaired) electrons. The van der Waals surface area contributed by atoms with Crippen LogP contribution in [0.1, 0.15) is 11.1 Å². The number of halogens is 1. The van der Waals surface area contributed by atoms with E-state index in [9.17, 15) is 9.18 Å². The Kier molecular flexibility index (Phi) is 4.57. The second kappa shape index (κ2) is 6.38. The molecule has 6 nitrogen and oxygen atoms in total. The minimum Gasteiger partial charge on any atom is -0.368 e. The Labute approximate surface area is 119 Å². The number of aryl methyl sites for hydroxylation is 1. The number of hydrogen-bond acceptors (Lipinski definition) is 5. The van der Waals surface area contributed by atoms with E-state index in [1.807, 2.05) is 0 Å². The van der Waals surface area contributed by atoms with E-state index >= 15 is 0 Å². The summed E-state index contributed by atoms with van der Waals surface area (Å²) in [5.74, 6) is 0.00478. The lowest BCUT2D eigenvalue weighted by Crippen LogP contribution is -2.24. The maximum Gasteiger partial charge on any atom is 0.230 e. The molecule has 0 aliphatic heterocycles. The molecule has 0 aliphatic carbocycles. The molecule has 106 valence electrons. The SMILES string of the molecule is Cc1cc(CNC(=O)CSc2n[nH]c(N)n2)ccc1F. The minimum atomic E-state index is -0.252. The van der Waals surface area contributed by atoms with E-state index in [-0.39, 0.29) is 23.4 Å². The summed E-state index contributed by atoms with van der Waals surface area (Å²) in [7, 11) is 0. The molecule has 0 saturated carbocycles. The summed E-state index contributed by atoms with van der Waals surface area (Å²) < 4.78 is 13.1. The first-order chi connectivity index (χ1) is 9.54. The highest BCUT2D eigenvalue weighted by Gasteiger charge is 2.07. The van der Waals surface area contributed by atoms with E-state index in [1.54, 1.807) is 19.1 Å². The number of nitrogens with two attached hydrogens (primary N) is 1. The van der Waals surface area contributed by atoms with Crippen molar-refractivity contribution >= 4 is 23.6 Å². The lowest BCUT2D eigenvalue weighted by Gasteiger charge is -2.05. The molecule has 20 heavy (non-hydrogen) atoms. The number of nitrogen functional groups attached to an aromatic ring is 1. The summed E-state index contributed by atoms with van der Waals surface area (Å²) in [5, 5.41) is 9.47. The summed E-state index contributed by atoms with van der Waals surface area (Å²) in [5.41, 5.74) is 6.78. The van der Waals surface area contributed by atoms with Gasteiger partial charge in [-0.25, -0.2) is 9.49 Å². The van der Waals surface area contributed by atoms with Crippen LogP contribution < -0.4 is 11.1 Å². The van der Waals surface area contributed by atoms with Gasteiger partial charge in [0, 0.05) is 6.54 Å². The standard InChI is InChI=1S/C12H14FN5OS/c1-7-4-8(2-3-9(7)13)5-15-10(19)6-20-12-16-11(14)17-18-12/h2-4H,5-6H2,1H3,(H,15,19)(H3,14,16,17,18). The Bertz CT molecular complexity index is 616. The fourth-order valence-corrected chi connectivity index (χ4v) is 2.16. The highest BCUT2D eigenvalue weighted by atomic mass is 32.2. The van der Waals surface area contributed by atoms with Gasteiger partial charge in [0.05, 0.1) is 5.75 Å². The van der Waals surface area contributed by atoms with Crippen LogP contribution in [0.2, 0.25) is 0 Å². The van der Waals surface area contributed by atoms with E-state index in [2.05, 4.69) is 20.5 Å². The number of aromatic nitrogens is 3. The van der Waals surface area contributed by atoms with Crippen LogP contribution in [0.25, 0.3) is 0 Å². The van der Waals surface area contributed by atoms with Gasteiger partial charge < -0.3 is 11.1 Å². The Morgan fingerprint density at radius 3 is 3.00 bits per heavy atom. The fourth-order valence-electron chi connectivity index (χ4n) is 1.52. The zero-order chi connectivity index (χ0) is 14.5. The summed E-state index contributed by atoms with van der Waals surface area (Å²) in [6.45, 7) is 2.04. The molecule has 0 atom stereocenters. The van der Waals surface area contributed by atoms with Crippen molar-refractivity contribution in [3.05, 3.63) is 35.1 Å². The number of nitrogens with one attached hydrogen (secondary N) is 2. The Hall–Kier alpha value is -2.09. The second-order valence-electron chi connectivity index (χ2n) is 4.15. The smallest absolute Gasteiger partial charge is 0.230 e. The molecule has 0 saturated heterocycles. The number of carbonyl (C=O) groups excluding carboxylic acids is 1. The molecule has 0 unspecified atom stereocenters. The average Bonchev–Trinajstić information content (AvgIpc) is 2.83. The molecule has 4 N–H and O–H groups in total. The molecule has 0 spiro atoms. The number of anilines is 1. The van der Waals surface area contributed by atoms with Crippen molar-refractivity contribution in [2.24, 2.45) is 0 Å². The summed E-state index contributed by atoms with van der Waals surface area (Å²) in [6.07, 6.45) is 0. The molecule has 0 bridgehead atoms. The molecule has 8 heteroatoms. The largest absolute Gasteiger partial charge is 0.368 e. The fraction of sp³-hybridized carbons (Fsp3) is 0.250. The van der Waals surface area contributed by atoms with Gasteiger partial charge in [-0.3, -0.25) is 4.79 Å². The maximum absolute atomic E-state index is 13.1. The molecule has 2 rings (SSSR count). The first-order valence-corrected chi connectivity index (χ1v) is 6.85. The number of nitrogens with zero attached hydrogens (tertiary/aromatic N) is 2. The molecule has 1 heterocycles. The number of benzene rings is 1. The van der Waals surface area contributed by atoms with Gasteiger partial charge in [-0.2, -0.15) is 4.98 Å². The Morgan fingerprint density at radius 1 is 1.55 bits per heavy atom. The van der Waals surface area contributed by atoms with Gasteiger partial charge in [0.15, 0.2) is 0 Å². The van der Waals surface area contributed by atoms with E-state index in [0.29, 0.717) is 17.3 Å². The van der Waals surface area contributed by atoms with Crippen molar-refractivity contribution in [2.45, 2.75) is 18.6 Å². The lowest BCUT2D eigenvalue weighted by molar-refractivity contribution is -0.118. The highest BCUT2D eigenvalue weighted by molar-refractivity contribution is 7.99. The molecule has 0 aliphatic rings. The van der Waals surface area contributed by atoms with E-state index in [4.69, 9.17) is 5.73 Å². The number of rotatable bonds is 5. The predicted octanol–water partition coefficient (Wildman–Crippen LogP) is 1.24. The van der Waals surface area contributed by atoms with Crippen LogP contribution in [0.4, 0.5) is 10.3 Å². The topological polar surface area (TPSA) is 96.7 Å². The van der Waals surface area contributed by atoms with Gasteiger partial charge in [-0.1, -0.05) is 23.9 Å². The van der Waals surface area contributed by atoms with Crippen molar-refractivity contribution in [3.8, 4) is 0 Å². The van der Waals surface area contributed by atoms with Crippen LogP contribution in [0, 0.1) is 12.7 Å². The molecular weight excluding hydrogens is 281 g/mol. The van der Waals surface area contributed by atoms with E-state index in [0.717, 1.165) is 5.56 Å². The van der Waals surface area contributed by atoms with Crippen LogP contribution in [-0.2, 0) is 11.3 Å². The quantitative estimate of drug-likeness (QED) is 0.721. The van der Waals surface area contributed by atoms with Crippen LogP contribution >= 0.6 is 11.8 Å². The number of amides is 1. The second-order valence-corrected chi connectivity index (χ2v) is 5.09. The van der Waals surface area contributed by atoms with Crippen LogP contribution in [-0.4, -0.2) is 26.8 Å². The van der Waals surface area contributed by atoms with Crippen molar-refractivity contribution in [1.29, 1.82) is 0 Å². The van der Waals surface area contributed by atoms with Crippen molar-refractivity contribution < 1.29 is 9.18 Å². The van der Waals surface area contributed by atoms with Crippen molar-refractivity contribution in [1.82, 2.24) is 20.5 Å². The number of H-pyrrole nitrogens is 1. The molecule has 1 amide bonds. The zero-order valence-corrected chi connectivity index (χ0v) is 11.6. The maximum atomic E-state index is 13.1. The number of carbonyl (C=O) groups is 1. The van der Waals surface area contributed by atoms with Gasteiger partial charge in [-0.15, -0.1) is 5.10 Å². The highest BCUT2D eigenvalue weighted by Crippen LogP contribution is 2.12. The number of hydrogen-bond donors (Lipinski definition) is 3. The first kappa shape index (κ1) is 14.3. The Morgan fingerprint density at radius 2 is 2.35 bits per heavy atom. The monoisotopic (exact) mass is 295 g/mol. The van der Waals surface area contributed by atoms with Crippen molar-refractivity contribution in [2.75, 3.05) is 11.5 Å². The molecule has 1 aromatic carbocycles. The van der Waals surface area contributed by atoms with Gasteiger partial charge >= 0.3 is 0 Å². The number of aromatic amines is 1. The Balaban J connectivity index is 1.78. The summed E-state index contributed by atoms with van der Waals surface area (Å²) >= 11 is 1.18. The number of thioether (sulfide) groups is 1. The van der Waals surface area contributed by atoms with Gasteiger partial charge in [-0.05, 0) is 24.1 Å². The van der Waals surface area contributed by atoms with Gasteiger partial charge in [0.2, 0.25) is 17.0 Å². The summed E-state index contributed by atoms with van der Waals surface area (Å²) in [4.78, 5) is 15.5. The minimum absolute atomic E-state index is 0.152. The third kappa shape index (κ3) is 3.95. The van der Waals surface area contributed by atoms with Crippen molar-refractivity contribution in [3.63, 3.8) is 0 Å². The van der Waals surface area contributed by atoms with Crippen LogP contribution in [0.5, 0.6) is 0 Å². The molecule has 1 aromatic heterocycles. The van der Waals surface area contributed by atoms with Crippen LogP contribution in [0.15, 0.2) is 23.4 Å². The molecule has 2 aromatic rings. The lowest BCUT2D eigenvalue weighted by atomic mass is 10.1. The molecule has 0 fully saturated rings. The normalized spacial score (nSPS) is 10.5. The van der Waals surface area contributed by atoms with Gasteiger partial charge in [0.25, 0.3) is 0 Å². The predicted molar refractivity (Wildman–Crippen MR) is 74.5 cm³/mol. The average molecular weight is 295 g/mol. The van der Waals surface area contributed by atoms with E-state index < -0.39 is 0 Å². The third-order valence-corrected chi connectivity index (χ3v) is 3.37. The first-order valence-electron chi connectivity index (χ1n) is 5.87. The third-order valence-electron chi connectivity index (χ3n) is 2.53. The van der Waals surface area contributed by atoms with Gasteiger partial charge in [0.1, 0.15) is 5.82 Å².